The molecule has 1 aliphatic rings. The number of tetrazole rings is 1. The number of hydrogen-bond donors (Lipinski definition) is 2. The number of benzene rings is 1. The monoisotopic (exact) mass is 370 g/mol. The van der Waals surface area contributed by atoms with Crippen LogP contribution in [-0.2, 0) is 9.53 Å². The molecule has 1 heterocycles. The lowest BCUT2D eigenvalue weighted by Gasteiger charge is -2.17. The van der Waals surface area contributed by atoms with Gasteiger partial charge in [0.1, 0.15) is 0 Å². The van der Waals surface area contributed by atoms with Crippen LogP contribution in [0.4, 0.5) is 5.69 Å². The predicted molar refractivity (Wildman–Crippen MR) is 98.5 cm³/mol. The maximum atomic E-state index is 12.3. The Morgan fingerprint density at radius 3 is 2.78 bits per heavy atom. The van der Waals surface area contributed by atoms with Gasteiger partial charge in [-0.2, -0.15) is 0 Å². The van der Waals surface area contributed by atoms with Crippen molar-refractivity contribution in [2.45, 2.75) is 19.3 Å². The average molecular weight is 370 g/mol. The first-order valence-corrected chi connectivity index (χ1v) is 8.81. The normalized spacial score (nSPS) is 16.1. The zero-order chi connectivity index (χ0) is 19.1. The van der Waals surface area contributed by atoms with Crippen LogP contribution in [0.15, 0.2) is 36.4 Å². The van der Waals surface area contributed by atoms with E-state index in [0.29, 0.717) is 24.5 Å². The van der Waals surface area contributed by atoms with E-state index in [4.69, 9.17) is 4.74 Å². The van der Waals surface area contributed by atoms with Crippen LogP contribution < -0.4 is 10.6 Å². The fraction of sp³-hybridized carbons (Fsp3) is 0.389. The standard InChI is InChI=1S/C18H22N6O3/c1-27-12-11-19-18(26)16-21-23-24(22-16)15-9-7-14(8-10-15)20-17(25)13-5-3-2-4-6-13/h2-3,7-10,13H,4-6,11-12H2,1H3,(H,19,26)(H,20,25)/t13-/m0/s1. The van der Waals surface area contributed by atoms with E-state index >= 15 is 0 Å². The minimum atomic E-state index is -0.413. The molecule has 0 spiro atoms. The summed E-state index contributed by atoms with van der Waals surface area (Å²) >= 11 is 0. The van der Waals surface area contributed by atoms with E-state index < -0.39 is 5.91 Å². The van der Waals surface area contributed by atoms with Gasteiger partial charge in [-0.1, -0.05) is 12.2 Å². The minimum Gasteiger partial charge on any atom is -0.383 e. The van der Waals surface area contributed by atoms with Crippen LogP contribution >= 0.6 is 0 Å². The minimum absolute atomic E-state index is 0.0193. The highest BCUT2D eigenvalue weighted by Crippen LogP contribution is 2.20. The number of methoxy groups -OCH3 is 1. The number of anilines is 1. The molecule has 9 nitrogen and oxygen atoms in total. The van der Waals surface area contributed by atoms with Crippen LogP contribution in [0.2, 0.25) is 0 Å². The van der Waals surface area contributed by atoms with Crippen molar-refractivity contribution >= 4 is 17.5 Å². The lowest BCUT2D eigenvalue weighted by molar-refractivity contribution is -0.120. The van der Waals surface area contributed by atoms with E-state index in [9.17, 15) is 9.59 Å². The molecule has 1 aromatic heterocycles. The number of allylic oxidation sites excluding steroid dienone is 2. The Bertz CT molecular complexity index is 815. The Morgan fingerprint density at radius 1 is 1.26 bits per heavy atom. The average Bonchev–Trinajstić information content (AvgIpc) is 3.20. The summed E-state index contributed by atoms with van der Waals surface area (Å²) < 4.78 is 4.87. The van der Waals surface area contributed by atoms with Gasteiger partial charge in [0.15, 0.2) is 0 Å². The van der Waals surface area contributed by atoms with E-state index in [2.05, 4.69) is 38.2 Å². The number of nitrogens with one attached hydrogen (secondary N) is 2. The lowest BCUT2D eigenvalue weighted by Crippen LogP contribution is -2.28. The van der Waals surface area contributed by atoms with Gasteiger partial charge in [0.25, 0.3) is 11.7 Å². The first-order chi connectivity index (χ1) is 13.2. The summed E-state index contributed by atoms with van der Waals surface area (Å²) in [5, 5.41) is 17.3. The van der Waals surface area contributed by atoms with E-state index in [1.807, 2.05) is 0 Å². The number of carbonyl (C=O) groups excluding carboxylic acids is 2. The van der Waals surface area contributed by atoms with Crippen molar-refractivity contribution in [1.29, 1.82) is 0 Å². The Kier molecular flexibility index (Phi) is 6.26. The molecule has 0 fully saturated rings. The van der Waals surface area contributed by atoms with Crippen LogP contribution in [0.3, 0.4) is 0 Å². The first kappa shape index (κ1) is 18.7. The van der Waals surface area contributed by atoms with Crippen LogP contribution in [0.5, 0.6) is 0 Å². The molecule has 9 heteroatoms. The van der Waals surface area contributed by atoms with Gasteiger partial charge in [-0.25, -0.2) is 0 Å². The molecule has 142 valence electrons. The second-order valence-corrected chi connectivity index (χ2v) is 6.17. The van der Waals surface area contributed by atoms with Crippen molar-refractivity contribution < 1.29 is 14.3 Å². The number of ether oxygens (including phenoxy) is 1. The van der Waals surface area contributed by atoms with Gasteiger partial charge < -0.3 is 15.4 Å². The van der Waals surface area contributed by atoms with Gasteiger partial charge in [-0.3, -0.25) is 9.59 Å². The first-order valence-electron chi connectivity index (χ1n) is 8.81. The zero-order valence-electron chi connectivity index (χ0n) is 15.1. The van der Waals surface area contributed by atoms with E-state index in [1.165, 1.54) is 4.80 Å². The molecule has 3 rings (SSSR count). The molecule has 0 saturated carbocycles. The molecular formula is C18H22N6O3. The summed E-state index contributed by atoms with van der Waals surface area (Å²) in [6.45, 7) is 0.777. The third kappa shape index (κ3) is 4.98. The number of aromatic nitrogens is 4. The Balaban J connectivity index is 1.59. The second kappa shape index (κ2) is 9.04. The molecule has 0 saturated heterocycles. The number of carbonyl (C=O) groups is 2. The van der Waals surface area contributed by atoms with Crippen molar-refractivity contribution in [3.05, 3.63) is 42.2 Å². The van der Waals surface area contributed by atoms with Crippen LogP contribution in [0, 0.1) is 5.92 Å². The van der Waals surface area contributed by atoms with Crippen molar-refractivity contribution in [3.63, 3.8) is 0 Å². The molecule has 1 aliphatic carbocycles. The third-order valence-electron chi connectivity index (χ3n) is 4.21. The summed E-state index contributed by atoms with van der Waals surface area (Å²) in [6, 6.07) is 7.05. The highest BCUT2D eigenvalue weighted by molar-refractivity contribution is 5.92. The van der Waals surface area contributed by atoms with Crippen LogP contribution in [-0.4, -0.2) is 52.3 Å². The molecule has 1 atom stereocenters. The molecular weight excluding hydrogens is 348 g/mol. The van der Waals surface area contributed by atoms with Crippen molar-refractivity contribution in [2.24, 2.45) is 5.92 Å². The van der Waals surface area contributed by atoms with Crippen LogP contribution in [0.25, 0.3) is 5.69 Å². The molecule has 0 radical (unpaired) electrons. The highest BCUT2D eigenvalue weighted by Gasteiger charge is 2.18. The molecule has 2 aromatic rings. The fourth-order valence-electron chi connectivity index (χ4n) is 2.71. The van der Waals surface area contributed by atoms with Crippen LogP contribution in [0.1, 0.15) is 29.9 Å². The quantitative estimate of drug-likeness (QED) is 0.562. The zero-order valence-corrected chi connectivity index (χ0v) is 15.1. The summed E-state index contributed by atoms with van der Waals surface area (Å²) in [5.74, 6) is -0.385. The lowest BCUT2D eigenvalue weighted by atomic mass is 9.93. The van der Waals surface area contributed by atoms with Crippen molar-refractivity contribution in [2.75, 3.05) is 25.6 Å². The Morgan fingerprint density at radius 2 is 2.07 bits per heavy atom. The summed E-state index contributed by atoms with van der Waals surface area (Å²) in [6.07, 6.45) is 6.75. The molecule has 2 amide bonds. The van der Waals surface area contributed by atoms with E-state index in [0.717, 1.165) is 19.3 Å². The predicted octanol–water partition coefficient (Wildman–Crippen LogP) is 1.33. The maximum absolute atomic E-state index is 12.3. The third-order valence-corrected chi connectivity index (χ3v) is 4.21. The maximum Gasteiger partial charge on any atom is 0.292 e. The highest BCUT2D eigenvalue weighted by atomic mass is 16.5. The van der Waals surface area contributed by atoms with E-state index in [1.54, 1.807) is 31.4 Å². The summed E-state index contributed by atoms with van der Waals surface area (Å²) in [4.78, 5) is 25.4. The van der Waals surface area contributed by atoms with Gasteiger partial charge in [-0.05, 0) is 48.7 Å². The second-order valence-electron chi connectivity index (χ2n) is 6.17. The van der Waals surface area contributed by atoms with Gasteiger partial charge in [0.2, 0.25) is 5.91 Å². The van der Waals surface area contributed by atoms with Gasteiger partial charge in [0, 0.05) is 25.3 Å². The van der Waals surface area contributed by atoms with Crippen molar-refractivity contribution in [1.82, 2.24) is 25.5 Å². The SMILES string of the molecule is COCCNC(=O)c1nnn(-c2ccc(NC(=O)[C@H]3CC=CCC3)cc2)n1. The van der Waals surface area contributed by atoms with Gasteiger partial charge in [-0.15, -0.1) is 15.0 Å². The summed E-state index contributed by atoms with van der Waals surface area (Å²) in [7, 11) is 1.55. The largest absolute Gasteiger partial charge is 0.383 e. The molecule has 27 heavy (non-hydrogen) atoms. The summed E-state index contributed by atoms with van der Waals surface area (Å²) in [5.41, 5.74) is 1.34. The number of hydrogen-bond acceptors (Lipinski definition) is 6. The Labute approximate surface area is 156 Å². The fourth-order valence-corrected chi connectivity index (χ4v) is 2.71. The molecule has 0 bridgehead atoms. The Hall–Kier alpha value is -3.07. The number of amides is 2. The number of nitrogens with zero attached hydrogens (tertiary/aromatic N) is 4. The molecule has 1 aromatic carbocycles. The smallest absolute Gasteiger partial charge is 0.292 e. The molecule has 0 unspecified atom stereocenters. The van der Waals surface area contributed by atoms with Gasteiger partial charge in [0.05, 0.1) is 12.3 Å². The van der Waals surface area contributed by atoms with Crippen molar-refractivity contribution in [3.8, 4) is 5.69 Å². The molecule has 0 aliphatic heterocycles. The van der Waals surface area contributed by atoms with Gasteiger partial charge >= 0.3 is 0 Å². The topological polar surface area (TPSA) is 111 Å². The number of rotatable bonds is 7. The molecule has 2 N–H and O–H groups in total. The van der Waals surface area contributed by atoms with E-state index in [-0.39, 0.29) is 17.6 Å².